The monoisotopic (exact) mass is 369 g/mol. The van der Waals surface area contributed by atoms with E-state index in [1.54, 1.807) is 0 Å². The zero-order valence-corrected chi connectivity index (χ0v) is 15.2. The van der Waals surface area contributed by atoms with Gasteiger partial charge >= 0.3 is 111 Å². The Kier molecular flexibility index (Phi) is 6.26. The van der Waals surface area contributed by atoms with Crippen LogP contribution in [0.25, 0.3) is 0 Å². The van der Waals surface area contributed by atoms with Crippen molar-refractivity contribution in [2.75, 3.05) is 31.1 Å². The van der Waals surface area contributed by atoms with Gasteiger partial charge in [-0.05, 0) is 0 Å². The predicted octanol–water partition coefficient (Wildman–Crippen LogP) is 2.23. The number of sulfone groups is 1. The quantitative estimate of drug-likeness (QED) is 0.675. The van der Waals surface area contributed by atoms with Crippen molar-refractivity contribution in [3.05, 3.63) is 0 Å². The third-order valence-corrected chi connectivity index (χ3v) is 11.0. The molecule has 0 saturated carbocycles. The molecule has 1 aliphatic rings. The number of piperidine rings is 1. The summed E-state index contributed by atoms with van der Waals surface area (Å²) in [6.45, 7) is 2.93. The van der Waals surface area contributed by atoms with Crippen LogP contribution in [0.3, 0.4) is 0 Å². The van der Waals surface area contributed by atoms with Gasteiger partial charge in [0.2, 0.25) is 0 Å². The van der Waals surface area contributed by atoms with Gasteiger partial charge in [0.25, 0.3) is 0 Å². The Labute approximate surface area is 111 Å². The molecule has 0 atom stereocenters. The summed E-state index contributed by atoms with van der Waals surface area (Å²) < 4.78 is 24.8. The standard InChI is InChI=1S/C9H18NO2S.3CH3.Sn/c1-2-13(11,12)9-8-10-6-4-3-5-7-10;;;;/h1-9H2;3*1H3;. The zero-order chi connectivity index (χ0) is 12.9. The molecular weight excluding hydrogens is 341 g/mol. The summed E-state index contributed by atoms with van der Waals surface area (Å²) in [6, 6.07) is 0. The molecule has 0 aromatic rings. The number of hydrogen-bond acceptors (Lipinski definition) is 3. The molecule has 0 bridgehead atoms. The van der Waals surface area contributed by atoms with Gasteiger partial charge in [0.1, 0.15) is 0 Å². The summed E-state index contributed by atoms with van der Waals surface area (Å²) in [5.74, 6) is 0.801. The normalized spacial score (nSPS) is 19.5. The predicted molar refractivity (Wildman–Crippen MR) is 77.1 cm³/mol. The van der Waals surface area contributed by atoms with Crippen LogP contribution in [0.2, 0.25) is 19.3 Å². The number of rotatable bonds is 6. The van der Waals surface area contributed by atoms with E-state index in [0.29, 0.717) is 11.5 Å². The summed E-state index contributed by atoms with van der Waals surface area (Å²) in [5, 5.41) is 0. The summed E-state index contributed by atoms with van der Waals surface area (Å²) in [5.41, 5.74) is 0. The van der Waals surface area contributed by atoms with Crippen molar-refractivity contribution in [1.82, 2.24) is 4.90 Å². The molecule has 0 N–H and O–H groups in total. The summed E-state index contributed by atoms with van der Waals surface area (Å²) >= 11 is -1.91. The minimum atomic E-state index is -2.80. The Morgan fingerprint density at radius 3 is 2.12 bits per heavy atom. The number of nitrogens with zero attached hydrogens (tertiary/aromatic N) is 1. The van der Waals surface area contributed by atoms with E-state index < -0.39 is 28.2 Å². The van der Waals surface area contributed by atoms with Crippen molar-refractivity contribution in [1.29, 1.82) is 0 Å². The van der Waals surface area contributed by atoms with E-state index in [4.69, 9.17) is 0 Å². The molecule has 1 aliphatic heterocycles. The van der Waals surface area contributed by atoms with Crippen LogP contribution < -0.4 is 0 Å². The molecule has 1 fully saturated rings. The van der Waals surface area contributed by atoms with Crippen LogP contribution in [0, 0.1) is 0 Å². The molecule has 1 rings (SSSR count). The van der Waals surface area contributed by atoms with Crippen molar-refractivity contribution < 1.29 is 8.42 Å². The third kappa shape index (κ3) is 7.67. The van der Waals surface area contributed by atoms with E-state index in [-0.39, 0.29) is 0 Å². The van der Waals surface area contributed by atoms with Crippen molar-refractivity contribution in [2.24, 2.45) is 0 Å². The third-order valence-electron chi connectivity index (χ3n) is 3.33. The van der Waals surface area contributed by atoms with Gasteiger partial charge in [-0.2, -0.15) is 0 Å². The SMILES string of the molecule is [CH3][Sn]([CH3])([CH3])[CH2]CS(=O)(=O)CCN1CCCCC1. The molecule has 1 heterocycles. The van der Waals surface area contributed by atoms with E-state index in [1.165, 1.54) is 19.3 Å². The first kappa shape index (κ1) is 15.8. The second kappa shape index (κ2) is 6.75. The van der Waals surface area contributed by atoms with Gasteiger partial charge in [-0.15, -0.1) is 0 Å². The zero-order valence-electron chi connectivity index (χ0n) is 11.5. The van der Waals surface area contributed by atoms with Crippen molar-refractivity contribution >= 4 is 28.2 Å². The van der Waals surface area contributed by atoms with E-state index in [0.717, 1.165) is 24.1 Å². The van der Waals surface area contributed by atoms with E-state index in [9.17, 15) is 8.42 Å². The molecule has 0 aromatic heterocycles. The van der Waals surface area contributed by atoms with Crippen LogP contribution in [0.5, 0.6) is 0 Å². The maximum atomic E-state index is 11.9. The van der Waals surface area contributed by atoms with Gasteiger partial charge in [0.05, 0.1) is 0 Å². The summed E-state index contributed by atoms with van der Waals surface area (Å²) in [4.78, 5) is 9.21. The van der Waals surface area contributed by atoms with Crippen LogP contribution in [0.1, 0.15) is 19.3 Å². The Bertz CT molecular complexity index is 316. The molecule has 0 unspecified atom stereocenters. The Hall–Kier alpha value is 0.709. The van der Waals surface area contributed by atoms with Gasteiger partial charge < -0.3 is 0 Å². The molecule has 17 heavy (non-hydrogen) atoms. The maximum absolute atomic E-state index is 11.9. The van der Waals surface area contributed by atoms with E-state index in [1.807, 2.05) is 0 Å². The number of hydrogen-bond donors (Lipinski definition) is 0. The molecule has 0 aromatic carbocycles. The van der Waals surface area contributed by atoms with Crippen LogP contribution in [-0.2, 0) is 9.84 Å². The second-order valence-corrected chi connectivity index (χ2v) is 24.7. The molecule has 5 heteroatoms. The Morgan fingerprint density at radius 1 is 1.00 bits per heavy atom. The molecule has 0 radical (unpaired) electrons. The molecule has 102 valence electrons. The molecule has 3 nitrogen and oxygen atoms in total. The van der Waals surface area contributed by atoms with Crippen LogP contribution in [-0.4, -0.2) is 62.8 Å². The van der Waals surface area contributed by atoms with Crippen molar-refractivity contribution in [2.45, 2.75) is 38.5 Å². The second-order valence-electron chi connectivity index (χ2n) is 6.36. The van der Waals surface area contributed by atoms with E-state index >= 15 is 0 Å². The van der Waals surface area contributed by atoms with Gasteiger partial charge in [-0.1, -0.05) is 0 Å². The van der Waals surface area contributed by atoms with Gasteiger partial charge in [-0.25, -0.2) is 0 Å². The summed E-state index contributed by atoms with van der Waals surface area (Å²) in [7, 11) is -2.80. The van der Waals surface area contributed by atoms with Crippen LogP contribution in [0.15, 0.2) is 0 Å². The van der Waals surface area contributed by atoms with Crippen molar-refractivity contribution in [3.8, 4) is 0 Å². The van der Waals surface area contributed by atoms with Crippen LogP contribution >= 0.6 is 0 Å². The average Bonchev–Trinajstić information content (AvgIpc) is 2.25. The molecular formula is C12H27NO2SSn. The van der Waals surface area contributed by atoms with Gasteiger partial charge in [0, 0.05) is 0 Å². The van der Waals surface area contributed by atoms with Gasteiger partial charge in [0.15, 0.2) is 0 Å². The Morgan fingerprint density at radius 2 is 1.59 bits per heavy atom. The molecule has 0 spiro atoms. The average molecular weight is 368 g/mol. The fourth-order valence-corrected chi connectivity index (χ4v) is 11.6. The minimum absolute atomic E-state index is 0.370. The van der Waals surface area contributed by atoms with E-state index in [2.05, 4.69) is 19.7 Å². The topological polar surface area (TPSA) is 37.4 Å². The summed E-state index contributed by atoms with van der Waals surface area (Å²) in [6.07, 6.45) is 3.78. The molecule has 0 aliphatic carbocycles. The first-order chi connectivity index (χ1) is 7.79. The van der Waals surface area contributed by atoms with Gasteiger partial charge in [-0.3, -0.25) is 0 Å². The number of likely N-dealkylation sites (tertiary alicyclic amines) is 1. The first-order valence-corrected chi connectivity index (χ1v) is 19.1. The Balaban J connectivity index is 2.28. The molecule has 0 amide bonds. The molecule has 1 saturated heterocycles. The fraction of sp³-hybridized carbons (Fsp3) is 1.00. The van der Waals surface area contributed by atoms with Crippen LogP contribution in [0.4, 0.5) is 0 Å². The first-order valence-electron chi connectivity index (χ1n) is 6.71. The fourth-order valence-electron chi connectivity index (χ4n) is 2.01. The van der Waals surface area contributed by atoms with Crippen molar-refractivity contribution in [3.63, 3.8) is 0 Å².